The molecular weight excluding hydrogens is 614 g/mol. The number of imide groups is 1. The van der Waals surface area contributed by atoms with Crippen LogP contribution in [0, 0.1) is 23.7 Å². The van der Waals surface area contributed by atoms with Gasteiger partial charge in [0, 0.05) is 32.5 Å². The molecule has 1 heterocycles. The van der Waals surface area contributed by atoms with Crippen LogP contribution in [0.3, 0.4) is 0 Å². The molecule has 1 aliphatic heterocycles. The van der Waals surface area contributed by atoms with E-state index in [0.717, 1.165) is 22.4 Å². The largest absolute Gasteiger partial charge is 0.493 e. The summed E-state index contributed by atoms with van der Waals surface area (Å²) in [6, 6.07) is 14.7. The summed E-state index contributed by atoms with van der Waals surface area (Å²) in [6.07, 6.45) is 2.38. The highest BCUT2D eigenvalue weighted by molar-refractivity contribution is 6.18. The maximum absolute atomic E-state index is 14.0. The minimum absolute atomic E-state index is 0.0519. The Morgan fingerprint density at radius 3 is 2.31 bits per heavy atom. The third-order valence-electron chi connectivity index (χ3n) is 8.52. The zero-order valence-corrected chi connectivity index (χ0v) is 29.4. The molecule has 0 aliphatic carbocycles. The summed E-state index contributed by atoms with van der Waals surface area (Å²) in [5, 5.41) is 0. The molecule has 0 spiro atoms. The molecule has 0 bridgehead atoms. The van der Waals surface area contributed by atoms with Crippen LogP contribution >= 0.6 is 0 Å². The van der Waals surface area contributed by atoms with Crippen LogP contribution in [-0.2, 0) is 41.4 Å². The molecular formula is C38H51NO9. The van der Waals surface area contributed by atoms with Gasteiger partial charge in [0.05, 0.1) is 31.9 Å². The normalized spacial score (nSPS) is 16.1. The second kappa shape index (κ2) is 19.0. The molecule has 3 rings (SSSR count). The van der Waals surface area contributed by atoms with E-state index in [1.807, 2.05) is 76.2 Å². The van der Waals surface area contributed by atoms with E-state index in [-0.39, 0.29) is 43.0 Å². The minimum Gasteiger partial charge on any atom is -0.493 e. The topological polar surface area (TPSA) is 118 Å². The van der Waals surface area contributed by atoms with Crippen LogP contribution in [0.25, 0.3) is 0 Å². The maximum Gasteiger partial charge on any atom is 0.416 e. The number of amides is 2. The number of cyclic esters (lactones) is 1. The summed E-state index contributed by atoms with van der Waals surface area (Å²) < 4.78 is 27.2. The number of rotatable bonds is 19. The highest BCUT2D eigenvalue weighted by atomic mass is 16.6. The van der Waals surface area contributed by atoms with Crippen LogP contribution in [0.2, 0.25) is 0 Å². The molecule has 10 heteroatoms. The molecule has 1 saturated heterocycles. The van der Waals surface area contributed by atoms with E-state index < -0.39 is 35.7 Å². The monoisotopic (exact) mass is 665 g/mol. The second-order valence-corrected chi connectivity index (χ2v) is 12.7. The smallest absolute Gasteiger partial charge is 0.416 e. The van der Waals surface area contributed by atoms with Crippen molar-refractivity contribution in [3.8, 4) is 11.5 Å². The lowest BCUT2D eigenvalue weighted by atomic mass is 9.84. The van der Waals surface area contributed by atoms with Crippen molar-refractivity contribution in [1.29, 1.82) is 0 Å². The van der Waals surface area contributed by atoms with Gasteiger partial charge in [0.25, 0.3) is 0 Å². The van der Waals surface area contributed by atoms with Gasteiger partial charge in [0.1, 0.15) is 6.61 Å². The number of esters is 1. The third kappa shape index (κ3) is 10.7. The summed E-state index contributed by atoms with van der Waals surface area (Å²) in [5.74, 6) is -1.83. The Kier molecular flexibility index (Phi) is 15.1. The fourth-order valence-electron chi connectivity index (χ4n) is 5.67. The van der Waals surface area contributed by atoms with Crippen LogP contribution in [0.1, 0.15) is 58.6 Å². The van der Waals surface area contributed by atoms with Crippen molar-refractivity contribution in [1.82, 2.24) is 4.90 Å². The first kappa shape index (κ1) is 38.3. The summed E-state index contributed by atoms with van der Waals surface area (Å²) in [5.41, 5.74) is 1.81. The Morgan fingerprint density at radius 1 is 0.958 bits per heavy atom. The lowest BCUT2D eigenvalue weighted by Gasteiger charge is -2.27. The molecule has 262 valence electrons. The Balaban J connectivity index is 1.87. The fraction of sp³-hybridized carbons (Fsp3) is 0.526. The average Bonchev–Trinajstić information content (AvgIpc) is 3.42. The molecule has 2 aromatic rings. The van der Waals surface area contributed by atoms with E-state index in [2.05, 4.69) is 0 Å². The molecule has 2 amide bonds. The van der Waals surface area contributed by atoms with Gasteiger partial charge >= 0.3 is 12.1 Å². The Labute approximate surface area is 284 Å². The number of nitrogens with zero attached hydrogens (tertiary/aromatic N) is 1. The summed E-state index contributed by atoms with van der Waals surface area (Å²) in [7, 11) is 3.22. The molecule has 0 aromatic heterocycles. The summed E-state index contributed by atoms with van der Waals surface area (Å²) in [6.45, 7) is 10.6. The van der Waals surface area contributed by atoms with Gasteiger partial charge in [0.15, 0.2) is 17.3 Å². The van der Waals surface area contributed by atoms with E-state index in [9.17, 15) is 19.2 Å². The highest BCUT2D eigenvalue weighted by Crippen LogP contribution is 2.32. The van der Waals surface area contributed by atoms with Crippen molar-refractivity contribution in [3.05, 3.63) is 71.3 Å². The SMILES string of the molecule is CCOC(=O)/C(=C\[C@H](Cc1ccc(OC)c(OCCCOC)c1)C(C)C)C(=O)C[C@H](C(=O)N1C(=O)OC[C@@H]1Cc1ccccc1)C(C)C. The van der Waals surface area contributed by atoms with Crippen molar-refractivity contribution in [2.24, 2.45) is 23.7 Å². The molecule has 1 fully saturated rings. The van der Waals surface area contributed by atoms with Gasteiger partial charge in [-0.3, -0.25) is 9.59 Å². The van der Waals surface area contributed by atoms with E-state index in [1.54, 1.807) is 27.2 Å². The van der Waals surface area contributed by atoms with E-state index in [0.29, 0.717) is 37.6 Å². The standard InChI is InChI=1S/C38H51NO9/c1-8-46-37(42)32(22-29(25(2)3)19-28-15-16-34(45-7)35(21-28)47-18-12-17-44-6)33(40)23-31(26(4)5)36(41)39-30(24-48-38(39)43)20-27-13-10-9-11-14-27/h9-11,13-16,21-22,25-26,29-31H,8,12,17-20,23-24H2,1-7H3/b32-22-/t29-,30-,31-/m0/s1. The first-order valence-corrected chi connectivity index (χ1v) is 16.7. The lowest BCUT2D eigenvalue weighted by Crippen LogP contribution is -2.45. The van der Waals surface area contributed by atoms with Crippen molar-refractivity contribution in [2.75, 3.05) is 40.6 Å². The molecule has 0 saturated carbocycles. The van der Waals surface area contributed by atoms with Gasteiger partial charge in [-0.25, -0.2) is 14.5 Å². The Morgan fingerprint density at radius 2 is 1.69 bits per heavy atom. The zero-order chi connectivity index (χ0) is 35.2. The Bertz CT molecular complexity index is 1400. The van der Waals surface area contributed by atoms with Crippen molar-refractivity contribution in [2.45, 2.75) is 66.3 Å². The van der Waals surface area contributed by atoms with Gasteiger partial charge in [0.2, 0.25) is 5.91 Å². The second-order valence-electron chi connectivity index (χ2n) is 12.7. The van der Waals surface area contributed by atoms with Crippen molar-refractivity contribution in [3.63, 3.8) is 0 Å². The van der Waals surface area contributed by atoms with Gasteiger partial charge < -0.3 is 23.7 Å². The molecule has 1 aliphatic rings. The first-order chi connectivity index (χ1) is 23.0. The number of benzene rings is 2. The van der Waals surface area contributed by atoms with Gasteiger partial charge in [-0.2, -0.15) is 0 Å². The summed E-state index contributed by atoms with van der Waals surface area (Å²) in [4.78, 5) is 55.1. The van der Waals surface area contributed by atoms with Gasteiger partial charge in [-0.15, -0.1) is 0 Å². The van der Waals surface area contributed by atoms with Crippen LogP contribution in [0.5, 0.6) is 11.5 Å². The highest BCUT2D eigenvalue weighted by Gasteiger charge is 2.42. The van der Waals surface area contributed by atoms with Gasteiger partial charge in [-0.05, 0) is 60.8 Å². The molecule has 3 atom stereocenters. The van der Waals surface area contributed by atoms with Crippen molar-refractivity contribution < 1.29 is 42.9 Å². The molecule has 0 unspecified atom stereocenters. The molecule has 2 aromatic carbocycles. The van der Waals surface area contributed by atoms with Gasteiger partial charge in [-0.1, -0.05) is 70.2 Å². The molecule has 10 nitrogen and oxygen atoms in total. The van der Waals surface area contributed by atoms with E-state index in [4.69, 9.17) is 23.7 Å². The van der Waals surface area contributed by atoms with Crippen LogP contribution in [0.4, 0.5) is 4.79 Å². The number of ketones is 1. The molecule has 0 radical (unpaired) electrons. The molecule has 0 N–H and O–H groups in total. The van der Waals surface area contributed by atoms with Crippen molar-refractivity contribution >= 4 is 23.8 Å². The number of hydrogen-bond acceptors (Lipinski definition) is 9. The quantitative estimate of drug-likeness (QED) is 0.0565. The van der Waals surface area contributed by atoms with Crippen LogP contribution in [-0.4, -0.2) is 75.3 Å². The average molecular weight is 666 g/mol. The third-order valence-corrected chi connectivity index (χ3v) is 8.52. The number of Topliss-reactive ketones (excluding diaryl/α,β-unsaturated/α-hetero) is 1. The number of allylic oxidation sites excluding steroid dienone is 1. The van der Waals surface area contributed by atoms with Crippen LogP contribution in [0.15, 0.2) is 60.2 Å². The van der Waals surface area contributed by atoms with E-state index >= 15 is 0 Å². The predicted molar refractivity (Wildman–Crippen MR) is 182 cm³/mol. The minimum atomic E-state index is -0.851. The Hall–Kier alpha value is -4.18. The van der Waals surface area contributed by atoms with Crippen LogP contribution < -0.4 is 9.47 Å². The fourth-order valence-corrected chi connectivity index (χ4v) is 5.67. The van der Waals surface area contributed by atoms with E-state index in [1.165, 1.54) is 0 Å². The first-order valence-electron chi connectivity index (χ1n) is 16.7. The predicted octanol–water partition coefficient (Wildman–Crippen LogP) is 6.24. The number of ether oxygens (including phenoxy) is 5. The summed E-state index contributed by atoms with van der Waals surface area (Å²) >= 11 is 0. The number of carbonyl (C=O) groups excluding carboxylic acids is 4. The maximum atomic E-state index is 14.0. The number of hydrogen-bond donors (Lipinski definition) is 0. The number of carbonyl (C=O) groups is 4. The number of methoxy groups -OCH3 is 2. The lowest BCUT2D eigenvalue weighted by molar-refractivity contribution is -0.142. The zero-order valence-electron chi connectivity index (χ0n) is 29.4. The molecule has 48 heavy (non-hydrogen) atoms.